The molecule has 0 aromatic heterocycles. The van der Waals surface area contributed by atoms with Gasteiger partial charge in [-0.3, -0.25) is 9.13 Å². The molecule has 0 aliphatic rings. The van der Waals surface area contributed by atoms with Crippen LogP contribution in [0, 0.1) is 0 Å². The van der Waals surface area contributed by atoms with Crippen molar-refractivity contribution in [2.75, 3.05) is 20.6 Å². The van der Waals surface area contributed by atoms with Gasteiger partial charge in [0.1, 0.15) is 0 Å². The maximum atomic E-state index is 10.8. The summed E-state index contributed by atoms with van der Waals surface area (Å²) in [6.45, 7) is 0.209. The van der Waals surface area contributed by atoms with E-state index in [4.69, 9.17) is 19.6 Å². The van der Waals surface area contributed by atoms with Gasteiger partial charge in [0.15, 0.2) is 5.40 Å². The first kappa shape index (κ1) is 14.3. The van der Waals surface area contributed by atoms with Crippen molar-refractivity contribution in [2.45, 2.75) is 11.8 Å². The van der Waals surface area contributed by atoms with Gasteiger partial charge in [0.2, 0.25) is 0 Å². The fraction of sp³-hybridized carbons (Fsp3) is 1.00. The van der Waals surface area contributed by atoms with Crippen LogP contribution in [0.15, 0.2) is 0 Å². The van der Waals surface area contributed by atoms with Crippen LogP contribution in [0.1, 0.15) is 6.42 Å². The molecule has 0 bridgehead atoms. The first-order valence-electron chi connectivity index (χ1n) is 3.80. The Balaban J connectivity index is 4.61. The van der Waals surface area contributed by atoms with Crippen molar-refractivity contribution < 1.29 is 28.7 Å². The molecule has 0 aromatic carbocycles. The van der Waals surface area contributed by atoms with Gasteiger partial charge in [-0.15, -0.1) is 0 Å². The molecular weight excluding hydrogens is 232 g/mol. The lowest BCUT2D eigenvalue weighted by atomic mass is 10.4. The lowest BCUT2D eigenvalue weighted by Gasteiger charge is -2.20. The Hall–Kier alpha value is 0.260. The first-order chi connectivity index (χ1) is 6.05. The highest BCUT2D eigenvalue weighted by molar-refractivity contribution is 7.70. The summed E-state index contributed by atoms with van der Waals surface area (Å²) in [4.78, 5) is 36.5. The molecule has 0 radical (unpaired) electrons. The molecule has 0 amide bonds. The Morgan fingerprint density at radius 3 is 1.64 bits per heavy atom. The number of rotatable bonds is 5. The van der Waals surface area contributed by atoms with Gasteiger partial charge in [0, 0.05) is 0 Å². The summed E-state index contributed by atoms with van der Waals surface area (Å²) in [5.41, 5.74) is 0. The van der Waals surface area contributed by atoms with Crippen LogP contribution in [-0.4, -0.2) is 50.5 Å². The molecule has 86 valence electrons. The summed E-state index contributed by atoms with van der Waals surface area (Å²) < 4.78 is 21.5. The standard InChI is InChI=1S/C5H15NO6P2/c1-6(2)4-3-5(13(7,8)9)14(10,11)12/h5H,3-4H2,1-2H3,(H2,7,8,9)(H2,10,11,12). The zero-order valence-electron chi connectivity index (χ0n) is 7.94. The van der Waals surface area contributed by atoms with Gasteiger partial charge in [0.25, 0.3) is 0 Å². The monoisotopic (exact) mass is 247 g/mol. The molecule has 0 aliphatic heterocycles. The second-order valence-corrected chi connectivity index (χ2v) is 7.26. The molecule has 7 nitrogen and oxygen atoms in total. The van der Waals surface area contributed by atoms with E-state index in [1.807, 2.05) is 0 Å². The molecular formula is C5H15NO6P2. The SMILES string of the molecule is CN(C)CCC(P(=O)(O)O)P(=O)(O)O. The summed E-state index contributed by atoms with van der Waals surface area (Å²) in [5, 5.41) is -1.89. The van der Waals surface area contributed by atoms with Crippen molar-refractivity contribution in [2.24, 2.45) is 0 Å². The second-order valence-electron chi connectivity index (χ2n) is 3.25. The largest absolute Gasteiger partial charge is 0.340 e. The van der Waals surface area contributed by atoms with E-state index in [-0.39, 0.29) is 13.0 Å². The van der Waals surface area contributed by atoms with Gasteiger partial charge in [-0.05, 0) is 27.1 Å². The fourth-order valence-corrected chi connectivity index (χ4v) is 3.38. The number of nitrogens with zero attached hydrogens (tertiary/aromatic N) is 1. The van der Waals surface area contributed by atoms with E-state index in [9.17, 15) is 9.13 Å². The molecule has 0 unspecified atom stereocenters. The summed E-state index contributed by atoms with van der Waals surface area (Å²) in [7, 11) is -6.19. The van der Waals surface area contributed by atoms with Crippen LogP contribution < -0.4 is 0 Å². The molecule has 9 heteroatoms. The highest BCUT2D eigenvalue weighted by Crippen LogP contribution is 2.61. The summed E-state index contributed by atoms with van der Waals surface area (Å²) in [5.74, 6) is 0. The Bertz CT molecular complexity index is 245. The Morgan fingerprint density at radius 1 is 1.07 bits per heavy atom. The van der Waals surface area contributed by atoms with E-state index < -0.39 is 20.6 Å². The van der Waals surface area contributed by atoms with Gasteiger partial charge < -0.3 is 24.5 Å². The minimum atomic E-state index is -4.74. The fourth-order valence-electron chi connectivity index (χ4n) is 0.906. The third kappa shape index (κ3) is 5.22. The molecule has 0 rings (SSSR count). The molecule has 0 heterocycles. The van der Waals surface area contributed by atoms with Crippen molar-refractivity contribution in [3.8, 4) is 0 Å². The van der Waals surface area contributed by atoms with Crippen LogP contribution >= 0.6 is 15.2 Å². The Kier molecular flexibility index (Phi) is 4.95. The summed E-state index contributed by atoms with van der Waals surface area (Å²) in [6.07, 6.45) is -0.235. The molecule has 0 saturated heterocycles. The second kappa shape index (κ2) is 4.86. The van der Waals surface area contributed by atoms with E-state index in [2.05, 4.69) is 0 Å². The van der Waals surface area contributed by atoms with Crippen molar-refractivity contribution in [1.29, 1.82) is 0 Å². The number of hydrogen-bond acceptors (Lipinski definition) is 3. The highest BCUT2D eigenvalue weighted by Gasteiger charge is 2.42. The van der Waals surface area contributed by atoms with Crippen LogP contribution in [0.3, 0.4) is 0 Å². The molecule has 0 saturated carbocycles. The zero-order chi connectivity index (χ0) is 11.6. The van der Waals surface area contributed by atoms with E-state index in [1.54, 1.807) is 19.0 Å². The predicted molar refractivity (Wildman–Crippen MR) is 51.0 cm³/mol. The number of hydrogen-bond donors (Lipinski definition) is 4. The summed E-state index contributed by atoms with van der Waals surface area (Å²) >= 11 is 0. The van der Waals surface area contributed by atoms with Gasteiger partial charge in [-0.1, -0.05) is 0 Å². The van der Waals surface area contributed by atoms with Gasteiger partial charge in [-0.2, -0.15) is 0 Å². The van der Waals surface area contributed by atoms with Gasteiger partial charge in [0.05, 0.1) is 0 Å². The molecule has 0 aromatic rings. The van der Waals surface area contributed by atoms with Crippen LogP contribution in [0.5, 0.6) is 0 Å². The third-order valence-corrected chi connectivity index (χ3v) is 5.49. The van der Waals surface area contributed by atoms with E-state index in [0.29, 0.717) is 0 Å². The van der Waals surface area contributed by atoms with Crippen LogP contribution in [0.2, 0.25) is 0 Å². The van der Waals surface area contributed by atoms with Crippen LogP contribution in [0.25, 0.3) is 0 Å². The lowest BCUT2D eigenvalue weighted by molar-refractivity contribution is 0.323. The van der Waals surface area contributed by atoms with Crippen molar-refractivity contribution in [3.63, 3.8) is 0 Å². The van der Waals surface area contributed by atoms with E-state index >= 15 is 0 Å². The maximum Gasteiger partial charge on any atom is 0.340 e. The van der Waals surface area contributed by atoms with Crippen molar-refractivity contribution >= 4 is 15.2 Å². The van der Waals surface area contributed by atoms with Crippen LogP contribution in [-0.2, 0) is 9.13 Å². The minimum Gasteiger partial charge on any atom is -0.324 e. The van der Waals surface area contributed by atoms with Gasteiger partial charge >= 0.3 is 15.2 Å². The van der Waals surface area contributed by atoms with E-state index in [0.717, 1.165) is 0 Å². The van der Waals surface area contributed by atoms with E-state index in [1.165, 1.54) is 0 Å². The molecule has 14 heavy (non-hydrogen) atoms. The average molecular weight is 247 g/mol. The Labute approximate surface area is 82.1 Å². The maximum absolute atomic E-state index is 10.8. The Morgan fingerprint density at radius 2 is 1.43 bits per heavy atom. The average Bonchev–Trinajstić information content (AvgIpc) is 1.78. The normalized spacial score (nSPS) is 14.0. The molecule has 4 N–H and O–H groups in total. The quantitative estimate of drug-likeness (QED) is 0.489. The molecule has 0 atom stereocenters. The lowest BCUT2D eigenvalue weighted by Crippen LogP contribution is -2.19. The van der Waals surface area contributed by atoms with Crippen LogP contribution in [0.4, 0.5) is 0 Å². The van der Waals surface area contributed by atoms with Crippen molar-refractivity contribution in [3.05, 3.63) is 0 Å². The minimum absolute atomic E-state index is 0.209. The van der Waals surface area contributed by atoms with Crippen molar-refractivity contribution in [1.82, 2.24) is 4.90 Å². The summed E-state index contributed by atoms with van der Waals surface area (Å²) in [6, 6.07) is 0. The predicted octanol–water partition coefficient (Wildman–Crippen LogP) is -0.380. The molecule has 0 aliphatic carbocycles. The zero-order valence-corrected chi connectivity index (χ0v) is 9.73. The van der Waals surface area contributed by atoms with Gasteiger partial charge in [-0.25, -0.2) is 0 Å². The first-order valence-corrected chi connectivity index (χ1v) is 7.16. The molecule has 0 spiro atoms. The highest BCUT2D eigenvalue weighted by atomic mass is 31.2. The third-order valence-electron chi connectivity index (χ3n) is 1.61. The topological polar surface area (TPSA) is 118 Å². The molecule has 0 fully saturated rings. The smallest absolute Gasteiger partial charge is 0.324 e.